The van der Waals surface area contributed by atoms with Crippen molar-refractivity contribution in [2.45, 2.75) is 51.4 Å². The third kappa shape index (κ3) is 5.22. The summed E-state index contributed by atoms with van der Waals surface area (Å²) in [5, 5.41) is 0. The molecule has 1 fully saturated rings. The molecule has 0 radical (unpaired) electrons. The number of hydrogen-bond donors (Lipinski definition) is 0. The highest BCUT2D eigenvalue weighted by molar-refractivity contribution is 5.71. The van der Waals surface area contributed by atoms with Gasteiger partial charge < -0.3 is 4.74 Å². The van der Waals surface area contributed by atoms with E-state index in [2.05, 4.69) is 6.58 Å². The molecule has 1 aliphatic rings. The summed E-state index contributed by atoms with van der Waals surface area (Å²) in [7, 11) is 0. The van der Waals surface area contributed by atoms with Gasteiger partial charge in [0.05, 0.1) is 6.61 Å². The van der Waals surface area contributed by atoms with Gasteiger partial charge >= 0.3 is 0 Å². The number of halogens is 3. The molecule has 34 heavy (non-hydrogen) atoms. The van der Waals surface area contributed by atoms with Gasteiger partial charge in [-0.3, -0.25) is 0 Å². The summed E-state index contributed by atoms with van der Waals surface area (Å²) >= 11 is 0. The molecule has 0 aliphatic heterocycles. The smallest absolute Gasteiger partial charge is 0.201 e. The van der Waals surface area contributed by atoms with Crippen molar-refractivity contribution >= 4 is 0 Å². The highest BCUT2D eigenvalue weighted by Crippen LogP contribution is 2.39. The Labute approximate surface area is 200 Å². The number of rotatable bonds is 8. The van der Waals surface area contributed by atoms with E-state index < -0.39 is 11.6 Å². The third-order valence-electron chi connectivity index (χ3n) is 6.94. The highest BCUT2D eigenvalue weighted by atomic mass is 19.2. The van der Waals surface area contributed by atoms with Crippen LogP contribution in [0.4, 0.5) is 13.2 Å². The lowest BCUT2D eigenvalue weighted by Gasteiger charge is -2.29. The summed E-state index contributed by atoms with van der Waals surface area (Å²) in [5.41, 5.74) is 3.11. The van der Waals surface area contributed by atoms with Crippen molar-refractivity contribution in [2.75, 3.05) is 6.61 Å². The predicted octanol–water partition coefficient (Wildman–Crippen LogP) is 9.08. The molecule has 4 heteroatoms. The van der Waals surface area contributed by atoms with Crippen LogP contribution in [0.1, 0.15) is 56.9 Å². The second-order valence-electron chi connectivity index (χ2n) is 9.07. The summed E-state index contributed by atoms with van der Waals surface area (Å²) in [6.45, 7) is 5.78. The van der Waals surface area contributed by atoms with E-state index in [4.69, 9.17) is 4.74 Å². The van der Waals surface area contributed by atoms with Crippen LogP contribution in [0.2, 0.25) is 0 Å². The fraction of sp³-hybridized carbons (Fsp3) is 0.333. The van der Waals surface area contributed by atoms with Gasteiger partial charge in [-0.15, -0.1) is 6.58 Å². The molecule has 0 heterocycles. The Morgan fingerprint density at radius 2 is 1.53 bits per heavy atom. The number of ether oxygens (including phenoxy) is 1. The molecule has 3 aromatic rings. The van der Waals surface area contributed by atoms with Crippen LogP contribution >= 0.6 is 0 Å². The van der Waals surface area contributed by atoms with Gasteiger partial charge in [0.2, 0.25) is 5.82 Å². The van der Waals surface area contributed by atoms with Gasteiger partial charge in [-0.1, -0.05) is 42.5 Å². The number of benzene rings is 3. The molecule has 0 bridgehead atoms. The van der Waals surface area contributed by atoms with Gasteiger partial charge in [0.1, 0.15) is 5.82 Å². The van der Waals surface area contributed by atoms with Crippen LogP contribution in [0.25, 0.3) is 22.3 Å². The monoisotopic (exact) mass is 464 g/mol. The Bertz CT molecular complexity index is 1130. The quantitative estimate of drug-likeness (QED) is 0.302. The van der Waals surface area contributed by atoms with E-state index in [0.717, 1.165) is 54.7 Å². The third-order valence-corrected chi connectivity index (χ3v) is 6.94. The van der Waals surface area contributed by atoms with Crippen molar-refractivity contribution in [1.82, 2.24) is 0 Å². The van der Waals surface area contributed by atoms with E-state index >= 15 is 4.39 Å². The Morgan fingerprint density at radius 1 is 0.853 bits per heavy atom. The van der Waals surface area contributed by atoms with Crippen LogP contribution in [0.3, 0.4) is 0 Å². The minimum absolute atomic E-state index is 0.0961. The Kier molecular flexibility index (Phi) is 7.77. The maximum absolute atomic E-state index is 15.0. The van der Waals surface area contributed by atoms with E-state index in [1.165, 1.54) is 18.6 Å². The highest BCUT2D eigenvalue weighted by Gasteiger charge is 2.24. The molecule has 4 rings (SSSR count). The standard InChI is InChI=1S/C30H31F3O/c1-3-5-6-20-7-9-22(10-8-20)25-16-15-24(19-27(25)31)21-11-13-23(14-12-21)26-17-18-28(34-4-2)30(33)29(26)32/h3,11-20,22H,1,4-10H2,2H3. The van der Waals surface area contributed by atoms with E-state index in [0.29, 0.717) is 5.56 Å². The Balaban J connectivity index is 1.48. The van der Waals surface area contributed by atoms with Crippen molar-refractivity contribution < 1.29 is 17.9 Å². The zero-order chi connectivity index (χ0) is 24.1. The molecule has 0 atom stereocenters. The number of allylic oxidation sites excluding steroid dienone is 1. The second kappa shape index (κ2) is 10.9. The zero-order valence-electron chi connectivity index (χ0n) is 19.6. The summed E-state index contributed by atoms with van der Waals surface area (Å²) in [5.74, 6) is -1.20. The molecule has 0 amide bonds. The molecule has 0 saturated heterocycles. The lowest BCUT2D eigenvalue weighted by Crippen LogP contribution is -2.14. The maximum Gasteiger partial charge on any atom is 0.201 e. The molecule has 0 N–H and O–H groups in total. The van der Waals surface area contributed by atoms with E-state index in [9.17, 15) is 8.78 Å². The number of hydrogen-bond acceptors (Lipinski definition) is 1. The van der Waals surface area contributed by atoms with Crippen LogP contribution in [-0.4, -0.2) is 6.61 Å². The minimum atomic E-state index is -0.990. The zero-order valence-corrected chi connectivity index (χ0v) is 19.6. The van der Waals surface area contributed by atoms with Gasteiger partial charge in [0.15, 0.2) is 11.6 Å². The fourth-order valence-corrected chi connectivity index (χ4v) is 5.02. The molecule has 0 spiro atoms. The molecular formula is C30H31F3O. The van der Waals surface area contributed by atoms with Crippen molar-refractivity contribution in [3.8, 4) is 28.0 Å². The summed E-state index contributed by atoms with van der Waals surface area (Å²) < 4.78 is 49.0. The Hall–Kier alpha value is -3.01. The van der Waals surface area contributed by atoms with Gasteiger partial charge in [0.25, 0.3) is 0 Å². The first-order chi connectivity index (χ1) is 16.5. The second-order valence-corrected chi connectivity index (χ2v) is 9.07. The van der Waals surface area contributed by atoms with Crippen molar-refractivity contribution in [3.63, 3.8) is 0 Å². The minimum Gasteiger partial charge on any atom is -0.491 e. The van der Waals surface area contributed by atoms with Crippen molar-refractivity contribution in [3.05, 3.63) is 90.3 Å². The van der Waals surface area contributed by atoms with E-state index in [1.807, 2.05) is 30.3 Å². The van der Waals surface area contributed by atoms with Gasteiger partial charge in [0, 0.05) is 5.56 Å². The van der Waals surface area contributed by atoms with Gasteiger partial charge in [-0.05, 0) is 97.7 Å². The lowest BCUT2D eigenvalue weighted by molar-refractivity contribution is 0.308. The van der Waals surface area contributed by atoms with Crippen LogP contribution in [0.15, 0.2) is 67.3 Å². The first-order valence-corrected chi connectivity index (χ1v) is 12.1. The average molecular weight is 465 g/mol. The van der Waals surface area contributed by atoms with E-state index in [-0.39, 0.29) is 29.7 Å². The van der Waals surface area contributed by atoms with Gasteiger partial charge in [-0.2, -0.15) is 4.39 Å². The van der Waals surface area contributed by atoms with Crippen molar-refractivity contribution in [1.29, 1.82) is 0 Å². The topological polar surface area (TPSA) is 9.23 Å². The molecule has 0 unspecified atom stereocenters. The van der Waals surface area contributed by atoms with Crippen LogP contribution < -0.4 is 4.74 Å². The Morgan fingerprint density at radius 3 is 2.18 bits per heavy atom. The molecule has 1 saturated carbocycles. The average Bonchev–Trinajstić information content (AvgIpc) is 2.86. The van der Waals surface area contributed by atoms with Crippen molar-refractivity contribution in [2.24, 2.45) is 5.92 Å². The van der Waals surface area contributed by atoms with E-state index in [1.54, 1.807) is 25.1 Å². The van der Waals surface area contributed by atoms with Crippen LogP contribution in [0.5, 0.6) is 5.75 Å². The maximum atomic E-state index is 15.0. The largest absolute Gasteiger partial charge is 0.491 e. The molecular weight excluding hydrogens is 433 g/mol. The predicted molar refractivity (Wildman–Crippen MR) is 132 cm³/mol. The van der Waals surface area contributed by atoms with Crippen LogP contribution in [0, 0.1) is 23.4 Å². The first kappa shape index (κ1) is 24.1. The molecule has 178 valence electrons. The normalized spacial score (nSPS) is 18.0. The molecule has 1 nitrogen and oxygen atoms in total. The lowest BCUT2D eigenvalue weighted by atomic mass is 9.77. The SMILES string of the molecule is C=CCCC1CCC(c2ccc(-c3ccc(-c4ccc(OCC)c(F)c4F)cc3)cc2F)CC1. The summed E-state index contributed by atoms with van der Waals surface area (Å²) in [4.78, 5) is 0. The summed E-state index contributed by atoms with van der Waals surface area (Å²) in [6, 6.07) is 15.5. The molecule has 1 aliphatic carbocycles. The fourth-order valence-electron chi connectivity index (χ4n) is 5.02. The molecule has 3 aromatic carbocycles. The van der Waals surface area contributed by atoms with Crippen LogP contribution in [-0.2, 0) is 0 Å². The van der Waals surface area contributed by atoms with Gasteiger partial charge in [-0.25, -0.2) is 8.78 Å². The summed E-state index contributed by atoms with van der Waals surface area (Å²) in [6.07, 6.45) is 8.55. The first-order valence-electron chi connectivity index (χ1n) is 12.1. The molecule has 0 aromatic heterocycles.